The van der Waals surface area contributed by atoms with Gasteiger partial charge in [-0.2, -0.15) is 4.57 Å². The Bertz CT molecular complexity index is 722. The molecule has 0 fully saturated rings. The Morgan fingerprint density at radius 3 is 2.00 bits per heavy atom. The van der Waals surface area contributed by atoms with Crippen molar-refractivity contribution in [2.24, 2.45) is 0 Å². The van der Waals surface area contributed by atoms with E-state index in [-0.39, 0.29) is 0 Å². The van der Waals surface area contributed by atoms with Crippen molar-refractivity contribution in [3.63, 3.8) is 0 Å². The Balaban J connectivity index is 1.97. The molecule has 0 radical (unpaired) electrons. The van der Waals surface area contributed by atoms with E-state index in [0.717, 1.165) is 0 Å². The summed E-state index contributed by atoms with van der Waals surface area (Å²) in [4.78, 5) is 0. The van der Waals surface area contributed by atoms with Gasteiger partial charge in [0, 0.05) is 21.8 Å². The molecule has 0 saturated carbocycles. The highest BCUT2D eigenvalue weighted by molar-refractivity contribution is 14.1. The Labute approximate surface area is 145 Å². The SMILES string of the molecule is Ic1ccc(-[n+]2ccc(-c3ccccc3)cc2)c(I)c1. The molecule has 0 amide bonds. The van der Waals surface area contributed by atoms with Gasteiger partial charge in [-0.1, -0.05) is 30.3 Å². The van der Waals surface area contributed by atoms with Crippen LogP contribution < -0.4 is 4.57 Å². The molecule has 0 N–H and O–H groups in total. The van der Waals surface area contributed by atoms with Gasteiger partial charge in [-0.3, -0.25) is 0 Å². The third-order valence-electron chi connectivity index (χ3n) is 3.12. The molecule has 0 aliphatic carbocycles. The second kappa shape index (κ2) is 6.22. The van der Waals surface area contributed by atoms with E-state index < -0.39 is 0 Å². The zero-order valence-electron chi connectivity index (χ0n) is 10.6. The lowest BCUT2D eigenvalue weighted by atomic mass is 10.1. The van der Waals surface area contributed by atoms with Gasteiger partial charge in [0.1, 0.15) is 0 Å². The maximum atomic E-state index is 2.38. The lowest BCUT2D eigenvalue weighted by molar-refractivity contribution is -0.596. The van der Waals surface area contributed by atoms with Gasteiger partial charge in [0.25, 0.3) is 0 Å². The van der Waals surface area contributed by atoms with Crippen LogP contribution in [0.1, 0.15) is 0 Å². The molecule has 1 heterocycles. The molecule has 1 nitrogen and oxygen atoms in total. The number of nitrogens with zero attached hydrogens (tertiary/aromatic N) is 1. The number of hydrogen-bond donors (Lipinski definition) is 0. The summed E-state index contributed by atoms with van der Waals surface area (Å²) in [6.45, 7) is 0. The molecule has 3 aromatic rings. The first-order valence-electron chi connectivity index (χ1n) is 6.26. The lowest BCUT2D eigenvalue weighted by Crippen LogP contribution is -2.30. The fraction of sp³-hybridized carbons (Fsp3) is 0. The minimum atomic E-state index is 1.21. The number of benzene rings is 2. The Morgan fingerprint density at radius 1 is 0.700 bits per heavy atom. The summed E-state index contributed by atoms with van der Waals surface area (Å²) in [5.41, 5.74) is 3.70. The van der Waals surface area contributed by atoms with E-state index in [1.807, 2.05) is 6.07 Å². The molecule has 0 aliphatic rings. The van der Waals surface area contributed by atoms with E-state index in [0.29, 0.717) is 0 Å². The largest absolute Gasteiger partial charge is 0.224 e. The minimum absolute atomic E-state index is 1.21. The molecule has 3 rings (SSSR count). The van der Waals surface area contributed by atoms with Crippen LogP contribution in [0.5, 0.6) is 0 Å². The van der Waals surface area contributed by atoms with Gasteiger partial charge < -0.3 is 0 Å². The van der Waals surface area contributed by atoms with Crippen LogP contribution in [0.3, 0.4) is 0 Å². The summed E-state index contributed by atoms with van der Waals surface area (Å²) in [5.74, 6) is 0. The van der Waals surface area contributed by atoms with Crippen molar-refractivity contribution in [2.75, 3.05) is 0 Å². The second-order valence-electron chi connectivity index (χ2n) is 4.46. The van der Waals surface area contributed by atoms with E-state index in [1.54, 1.807) is 0 Å². The quantitative estimate of drug-likeness (QED) is 0.363. The number of aromatic nitrogens is 1. The van der Waals surface area contributed by atoms with Gasteiger partial charge >= 0.3 is 0 Å². The van der Waals surface area contributed by atoms with Gasteiger partial charge in [-0.15, -0.1) is 0 Å². The summed E-state index contributed by atoms with van der Waals surface area (Å²) in [7, 11) is 0. The molecule has 0 spiro atoms. The molecular weight excluding hydrogens is 472 g/mol. The van der Waals surface area contributed by atoms with E-state index in [2.05, 4.69) is 117 Å². The Kier molecular flexibility index (Phi) is 4.35. The third kappa shape index (κ3) is 3.03. The van der Waals surface area contributed by atoms with Crippen molar-refractivity contribution < 1.29 is 4.57 Å². The second-order valence-corrected chi connectivity index (χ2v) is 6.86. The van der Waals surface area contributed by atoms with Gasteiger partial charge in [-0.25, -0.2) is 0 Å². The van der Waals surface area contributed by atoms with Crippen LogP contribution in [-0.4, -0.2) is 0 Å². The molecule has 0 bridgehead atoms. The first-order valence-corrected chi connectivity index (χ1v) is 8.42. The highest BCUT2D eigenvalue weighted by atomic mass is 127. The summed E-state index contributed by atoms with van der Waals surface area (Å²) < 4.78 is 4.67. The molecular formula is C17H12I2N+. The van der Waals surface area contributed by atoms with E-state index in [4.69, 9.17) is 0 Å². The van der Waals surface area contributed by atoms with Crippen LogP contribution in [-0.2, 0) is 0 Å². The van der Waals surface area contributed by atoms with Gasteiger partial charge in [0.05, 0.1) is 3.57 Å². The van der Waals surface area contributed by atoms with E-state index in [9.17, 15) is 0 Å². The molecule has 0 saturated heterocycles. The van der Waals surface area contributed by atoms with Crippen molar-refractivity contribution >= 4 is 45.2 Å². The summed E-state index contributed by atoms with van der Waals surface area (Å²) in [5, 5.41) is 0. The highest BCUT2D eigenvalue weighted by Gasteiger charge is 2.11. The smallest absolute Gasteiger partial charge is 0.166 e. The average molecular weight is 484 g/mol. The fourth-order valence-corrected chi connectivity index (χ4v) is 3.98. The lowest BCUT2D eigenvalue weighted by Gasteiger charge is -2.02. The normalized spacial score (nSPS) is 10.5. The van der Waals surface area contributed by atoms with Crippen molar-refractivity contribution in [3.05, 3.63) is 80.2 Å². The monoisotopic (exact) mass is 484 g/mol. The first-order chi connectivity index (χ1) is 9.74. The van der Waals surface area contributed by atoms with Crippen molar-refractivity contribution in [2.45, 2.75) is 0 Å². The van der Waals surface area contributed by atoms with Gasteiger partial charge in [0.15, 0.2) is 12.4 Å². The molecule has 0 atom stereocenters. The van der Waals surface area contributed by atoms with E-state index in [1.165, 1.54) is 24.0 Å². The standard InChI is InChI=1S/C17H12I2N/c18-15-6-7-17(16(19)12-15)20-10-8-14(9-11-20)13-4-2-1-3-5-13/h1-12H/q+1. The van der Waals surface area contributed by atoms with Crippen LogP contribution in [0.15, 0.2) is 73.1 Å². The first kappa shape index (κ1) is 14.0. The van der Waals surface area contributed by atoms with Crippen molar-refractivity contribution in [1.82, 2.24) is 0 Å². The molecule has 3 heteroatoms. The van der Waals surface area contributed by atoms with Gasteiger partial charge in [-0.05, 0) is 68.4 Å². The molecule has 2 aromatic carbocycles. The van der Waals surface area contributed by atoms with Gasteiger partial charge in [0.2, 0.25) is 5.69 Å². The Morgan fingerprint density at radius 2 is 1.35 bits per heavy atom. The predicted molar refractivity (Wildman–Crippen MR) is 98.8 cm³/mol. The van der Waals surface area contributed by atoms with Crippen LogP contribution >= 0.6 is 45.2 Å². The number of rotatable bonds is 2. The van der Waals surface area contributed by atoms with Crippen molar-refractivity contribution in [1.29, 1.82) is 0 Å². The van der Waals surface area contributed by atoms with E-state index >= 15 is 0 Å². The summed E-state index contributed by atoms with van der Waals surface area (Å²) in [6.07, 6.45) is 4.24. The van der Waals surface area contributed by atoms with Crippen molar-refractivity contribution in [3.8, 4) is 16.8 Å². The average Bonchev–Trinajstić information content (AvgIpc) is 2.48. The molecule has 20 heavy (non-hydrogen) atoms. The fourth-order valence-electron chi connectivity index (χ4n) is 2.10. The van der Waals surface area contributed by atoms with Crippen LogP contribution in [0.4, 0.5) is 0 Å². The number of hydrogen-bond acceptors (Lipinski definition) is 0. The molecule has 0 unspecified atom stereocenters. The minimum Gasteiger partial charge on any atom is -0.166 e. The number of pyridine rings is 1. The van der Waals surface area contributed by atoms with Crippen LogP contribution in [0, 0.1) is 7.14 Å². The maximum absolute atomic E-state index is 2.38. The van der Waals surface area contributed by atoms with Crippen LogP contribution in [0.25, 0.3) is 16.8 Å². The topological polar surface area (TPSA) is 3.88 Å². The molecule has 1 aromatic heterocycles. The zero-order valence-corrected chi connectivity index (χ0v) is 14.9. The number of halogens is 2. The van der Waals surface area contributed by atoms with Crippen LogP contribution in [0.2, 0.25) is 0 Å². The Hall–Kier alpha value is -0.950. The molecule has 0 aliphatic heterocycles. The third-order valence-corrected chi connectivity index (χ3v) is 4.66. The summed E-state index contributed by atoms with van der Waals surface area (Å²) >= 11 is 4.72. The summed E-state index contributed by atoms with van der Waals surface area (Å²) in [6, 6.07) is 21.2. The maximum Gasteiger partial charge on any atom is 0.224 e. The predicted octanol–water partition coefficient (Wildman–Crippen LogP) is 4.84. The molecule has 98 valence electrons. The zero-order chi connectivity index (χ0) is 13.9. The highest BCUT2D eigenvalue weighted by Crippen LogP contribution is 2.19.